The lowest BCUT2D eigenvalue weighted by Gasteiger charge is -2.28. The number of amides is 1. The maximum atomic E-state index is 11.2. The van der Waals surface area contributed by atoms with Gasteiger partial charge in [0.2, 0.25) is 5.91 Å². The molecule has 4 heteroatoms. The molecule has 0 aliphatic heterocycles. The number of rotatable bonds is 3. The Morgan fingerprint density at radius 1 is 1.58 bits per heavy atom. The van der Waals surface area contributed by atoms with Crippen molar-refractivity contribution in [3.63, 3.8) is 0 Å². The normalized spacial score (nSPS) is 23.8. The van der Waals surface area contributed by atoms with E-state index in [1.807, 2.05) is 6.92 Å². The van der Waals surface area contributed by atoms with Crippen LogP contribution in [0.4, 0.5) is 0 Å². The van der Waals surface area contributed by atoms with Gasteiger partial charge < -0.3 is 5.73 Å². The van der Waals surface area contributed by atoms with E-state index >= 15 is 0 Å². The molecule has 1 aliphatic carbocycles. The van der Waals surface area contributed by atoms with Gasteiger partial charge in [0.15, 0.2) is 0 Å². The highest BCUT2D eigenvalue weighted by molar-refractivity contribution is 7.80. The summed E-state index contributed by atoms with van der Waals surface area (Å²) in [6.45, 7) is 1.91. The van der Waals surface area contributed by atoms with Crippen LogP contribution in [0.3, 0.4) is 0 Å². The molecule has 3 nitrogen and oxygen atoms in total. The predicted octanol–water partition coefficient (Wildman–Crippen LogP) is 0.650. The van der Waals surface area contributed by atoms with Crippen LogP contribution >= 0.6 is 12.6 Å². The van der Waals surface area contributed by atoms with Crippen LogP contribution < -0.4 is 11.1 Å². The van der Waals surface area contributed by atoms with Gasteiger partial charge in [0, 0.05) is 5.37 Å². The van der Waals surface area contributed by atoms with Crippen LogP contribution in [0.5, 0.6) is 0 Å². The summed E-state index contributed by atoms with van der Waals surface area (Å²) in [6, 6.07) is 0. The summed E-state index contributed by atoms with van der Waals surface area (Å²) in [7, 11) is 0. The van der Waals surface area contributed by atoms with E-state index in [0.29, 0.717) is 0 Å². The highest BCUT2D eigenvalue weighted by Gasteiger charge is 2.39. The average molecular weight is 188 g/mol. The number of nitrogens with one attached hydrogen (secondary N) is 1. The first-order valence-electron chi connectivity index (χ1n) is 4.32. The van der Waals surface area contributed by atoms with Crippen molar-refractivity contribution in [2.24, 2.45) is 5.73 Å². The maximum Gasteiger partial charge on any atom is 0.237 e. The van der Waals surface area contributed by atoms with E-state index in [1.54, 1.807) is 0 Å². The van der Waals surface area contributed by atoms with Gasteiger partial charge in [-0.15, -0.1) is 0 Å². The Morgan fingerprint density at radius 3 is 2.42 bits per heavy atom. The summed E-state index contributed by atoms with van der Waals surface area (Å²) in [4.78, 5) is 11.2. The van der Waals surface area contributed by atoms with E-state index in [1.165, 1.54) is 0 Å². The second kappa shape index (κ2) is 3.66. The third-order valence-corrected chi connectivity index (χ3v) is 2.54. The molecule has 0 saturated heterocycles. The average Bonchev–Trinajstić information content (AvgIpc) is 2.35. The molecule has 70 valence electrons. The number of nitrogens with two attached hydrogens (primary N) is 1. The van der Waals surface area contributed by atoms with E-state index in [2.05, 4.69) is 17.9 Å². The standard InChI is InChI=1S/C8H16N2OS/c1-6(12)10-8(7(9)11)4-2-3-5-8/h6,10,12H,2-5H2,1H3,(H2,9,11). The van der Waals surface area contributed by atoms with Crippen LogP contribution in [-0.4, -0.2) is 16.8 Å². The van der Waals surface area contributed by atoms with E-state index in [0.717, 1.165) is 25.7 Å². The fourth-order valence-electron chi connectivity index (χ4n) is 1.84. The zero-order valence-electron chi connectivity index (χ0n) is 7.34. The number of thiol groups is 1. The molecule has 1 atom stereocenters. The largest absolute Gasteiger partial charge is 0.368 e. The lowest BCUT2D eigenvalue weighted by atomic mass is 9.97. The molecule has 3 N–H and O–H groups in total. The van der Waals surface area contributed by atoms with Crippen LogP contribution in [0.15, 0.2) is 0 Å². The first-order chi connectivity index (χ1) is 5.57. The lowest BCUT2D eigenvalue weighted by molar-refractivity contribution is -0.124. The monoisotopic (exact) mass is 188 g/mol. The Kier molecular flexibility index (Phi) is 3.01. The fourth-order valence-corrected chi connectivity index (χ4v) is 2.09. The fraction of sp³-hybridized carbons (Fsp3) is 0.875. The van der Waals surface area contributed by atoms with Crippen molar-refractivity contribution in [1.82, 2.24) is 5.32 Å². The van der Waals surface area contributed by atoms with Crippen molar-refractivity contribution in [2.75, 3.05) is 0 Å². The molecule has 1 amide bonds. The first-order valence-corrected chi connectivity index (χ1v) is 4.84. The van der Waals surface area contributed by atoms with Crippen LogP contribution in [-0.2, 0) is 4.79 Å². The summed E-state index contributed by atoms with van der Waals surface area (Å²) >= 11 is 4.20. The van der Waals surface area contributed by atoms with Gasteiger partial charge in [-0.2, -0.15) is 12.6 Å². The Labute approximate surface area is 78.5 Å². The van der Waals surface area contributed by atoms with Crippen molar-refractivity contribution in [1.29, 1.82) is 0 Å². The topological polar surface area (TPSA) is 55.1 Å². The second-order valence-corrected chi connectivity index (χ2v) is 4.25. The van der Waals surface area contributed by atoms with Gasteiger partial charge >= 0.3 is 0 Å². The quantitative estimate of drug-likeness (QED) is 0.450. The zero-order valence-corrected chi connectivity index (χ0v) is 8.23. The molecule has 0 aromatic rings. The highest BCUT2D eigenvalue weighted by Crippen LogP contribution is 2.29. The molecule has 1 aliphatic rings. The minimum atomic E-state index is -0.471. The second-order valence-electron chi connectivity index (χ2n) is 3.47. The molecule has 12 heavy (non-hydrogen) atoms. The summed E-state index contributed by atoms with van der Waals surface area (Å²) in [5.41, 5.74) is 4.87. The molecular formula is C8H16N2OS. The van der Waals surface area contributed by atoms with E-state index in [4.69, 9.17) is 5.73 Å². The highest BCUT2D eigenvalue weighted by atomic mass is 32.1. The molecule has 1 fully saturated rings. The minimum absolute atomic E-state index is 0.0237. The number of carbonyl (C=O) groups is 1. The van der Waals surface area contributed by atoms with Crippen molar-refractivity contribution in [3.05, 3.63) is 0 Å². The number of carbonyl (C=O) groups excluding carboxylic acids is 1. The summed E-state index contributed by atoms with van der Waals surface area (Å²) in [5.74, 6) is -0.235. The van der Waals surface area contributed by atoms with Gasteiger partial charge in [0.05, 0.1) is 5.54 Å². The molecular weight excluding hydrogens is 172 g/mol. The SMILES string of the molecule is CC(S)NC1(C(N)=O)CCCC1. The predicted molar refractivity (Wildman–Crippen MR) is 52.0 cm³/mol. The molecule has 0 aromatic carbocycles. The number of primary amides is 1. The van der Waals surface area contributed by atoms with E-state index < -0.39 is 5.54 Å². The molecule has 0 bridgehead atoms. The van der Waals surface area contributed by atoms with Crippen molar-refractivity contribution in [2.45, 2.75) is 43.5 Å². The van der Waals surface area contributed by atoms with E-state index in [-0.39, 0.29) is 11.3 Å². The summed E-state index contributed by atoms with van der Waals surface area (Å²) in [6.07, 6.45) is 3.87. The Hall–Kier alpha value is -0.220. The molecule has 1 unspecified atom stereocenters. The van der Waals surface area contributed by atoms with Gasteiger partial charge in [0.25, 0.3) is 0 Å². The molecule has 1 saturated carbocycles. The first kappa shape index (κ1) is 9.86. The summed E-state index contributed by atoms with van der Waals surface area (Å²) < 4.78 is 0. The maximum absolute atomic E-state index is 11.2. The molecule has 0 spiro atoms. The van der Waals surface area contributed by atoms with Crippen LogP contribution in [0.25, 0.3) is 0 Å². The molecule has 1 rings (SSSR count). The van der Waals surface area contributed by atoms with Crippen LogP contribution in [0.1, 0.15) is 32.6 Å². The zero-order chi connectivity index (χ0) is 9.19. The van der Waals surface area contributed by atoms with Gasteiger partial charge in [-0.3, -0.25) is 10.1 Å². The third kappa shape index (κ3) is 1.93. The molecule has 0 heterocycles. The Balaban J connectivity index is 2.65. The van der Waals surface area contributed by atoms with Crippen molar-refractivity contribution >= 4 is 18.5 Å². The van der Waals surface area contributed by atoms with Crippen LogP contribution in [0, 0.1) is 0 Å². The molecule has 0 radical (unpaired) electrons. The summed E-state index contributed by atoms with van der Waals surface area (Å²) in [5, 5.41) is 3.17. The Bertz CT molecular complexity index is 176. The number of hydrogen-bond acceptors (Lipinski definition) is 3. The third-order valence-electron chi connectivity index (χ3n) is 2.41. The van der Waals surface area contributed by atoms with Gasteiger partial charge in [-0.1, -0.05) is 12.8 Å². The van der Waals surface area contributed by atoms with Crippen molar-refractivity contribution < 1.29 is 4.79 Å². The number of hydrogen-bond donors (Lipinski definition) is 3. The van der Waals surface area contributed by atoms with Gasteiger partial charge in [-0.05, 0) is 19.8 Å². The van der Waals surface area contributed by atoms with E-state index in [9.17, 15) is 4.79 Å². The van der Waals surface area contributed by atoms with Gasteiger partial charge in [-0.25, -0.2) is 0 Å². The Morgan fingerprint density at radius 2 is 2.08 bits per heavy atom. The van der Waals surface area contributed by atoms with Gasteiger partial charge in [0.1, 0.15) is 0 Å². The molecule has 0 aromatic heterocycles. The lowest BCUT2D eigenvalue weighted by Crippen LogP contribution is -2.55. The smallest absolute Gasteiger partial charge is 0.237 e. The minimum Gasteiger partial charge on any atom is -0.368 e. The van der Waals surface area contributed by atoms with Crippen LogP contribution in [0.2, 0.25) is 0 Å². The van der Waals surface area contributed by atoms with Crippen molar-refractivity contribution in [3.8, 4) is 0 Å².